The van der Waals surface area contributed by atoms with Crippen LogP contribution in [0.4, 0.5) is 0 Å². The van der Waals surface area contributed by atoms with E-state index in [4.69, 9.17) is 20.8 Å². The summed E-state index contributed by atoms with van der Waals surface area (Å²) in [4.78, 5) is 16.2. The van der Waals surface area contributed by atoms with Crippen LogP contribution in [0.2, 0.25) is 5.02 Å². The van der Waals surface area contributed by atoms with Crippen LogP contribution in [0.15, 0.2) is 46.2 Å². The number of halogens is 1. The molecule has 2 heterocycles. The van der Waals surface area contributed by atoms with Crippen molar-refractivity contribution in [2.45, 2.75) is 13.5 Å². The Balaban J connectivity index is 1.49. The number of hydrogen-bond donors (Lipinski definition) is 1. The number of ether oxygens (including phenoxy) is 1. The second-order valence-corrected chi connectivity index (χ2v) is 6.54. The molecule has 7 heteroatoms. The Hall–Kier alpha value is -2.31. The van der Waals surface area contributed by atoms with E-state index in [1.54, 1.807) is 35.6 Å². The van der Waals surface area contributed by atoms with E-state index in [9.17, 15) is 4.79 Å². The summed E-state index contributed by atoms with van der Waals surface area (Å²) >= 11 is 7.42. The molecule has 0 saturated carbocycles. The second kappa shape index (κ2) is 7.51. The van der Waals surface area contributed by atoms with Gasteiger partial charge in [0.15, 0.2) is 12.4 Å². The van der Waals surface area contributed by atoms with Crippen molar-refractivity contribution in [3.8, 4) is 17.2 Å². The molecule has 0 atom stereocenters. The third-order valence-corrected chi connectivity index (χ3v) is 4.17. The molecule has 3 aromatic rings. The number of nitrogens with zero attached hydrogens (tertiary/aromatic N) is 1. The monoisotopic (exact) mass is 362 g/mol. The highest BCUT2D eigenvalue weighted by molar-refractivity contribution is 7.09. The van der Waals surface area contributed by atoms with E-state index in [0.29, 0.717) is 28.8 Å². The Morgan fingerprint density at radius 1 is 1.38 bits per heavy atom. The molecule has 24 heavy (non-hydrogen) atoms. The maximum Gasteiger partial charge on any atom is 0.258 e. The van der Waals surface area contributed by atoms with Crippen LogP contribution >= 0.6 is 22.9 Å². The fraction of sp³-hybridized carbons (Fsp3) is 0.176. The van der Waals surface area contributed by atoms with Crippen molar-refractivity contribution in [1.29, 1.82) is 0 Å². The van der Waals surface area contributed by atoms with Crippen LogP contribution in [0.3, 0.4) is 0 Å². The largest absolute Gasteiger partial charge is 0.484 e. The third-order valence-electron chi connectivity index (χ3n) is 3.16. The number of benzene rings is 1. The topological polar surface area (TPSA) is 64.4 Å². The Morgan fingerprint density at radius 2 is 2.25 bits per heavy atom. The number of hydrogen-bond acceptors (Lipinski definition) is 5. The first kappa shape index (κ1) is 16.5. The van der Waals surface area contributed by atoms with Gasteiger partial charge in [0, 0.05) is 10.4 Å². The minimum atomic E-state index is -0.238. The molecule has 2 aromatic heterocycles. The van der Waals surface area contributed by atoms with Gasteiger partial charge in [-0.25, -0.2) is 4.98 Å². The summed E-state index contributed by atoms with van der Waals surface area (Å²) in [5, 5.41) is 6.23. The number of aromatic nitrogens is 1. The summed E-state index contributed by atoms with van der Waals surface area (Å²) in [6.45, 7) is 2.15. The van der Waals surface area contributed by atoms with Crippen LogP contribution in [0.1, 0.15) is 10.8 Å². The predicted molar refractivity (Wildman–Crippen MR) is 93.3 cm³/mol. The molecule has 0 unspecified atom stereocenters. The zero-order valence-electron chi connectivity index (χ0n) is 12.9. The Morgan fingerprint density at radius 3 is 3.00 bits per heavy atom. The van der Waals surface area contributed by atoms with Crippen molar-refractivity contribution in [2.75, 3.05) is 6.61 Å². The molecule has 3 rings (SSSR count). The molecule has 124 valence electrons. The van der Waals surface area contributed by atoms with Crippen molar-refractivity contribution in [2.24, 2.45) is 0 Å². The number of furan rings is 1. The molecule has 1 amide bonds. The van der Waals surface area contributed by atoms with Gasteiger partial charge in [-0.2, -0.15) is 0 Å². The first-order chi connectivity index (χ1) is 11.6. The summed E-state index contributed by atoms with van der Waals surface area (Å²) < 4.78 is 11.1. The van der Waals surface area contributed by atoms with Gasteiger partial charge in [-0.1, -0.05) is 17.7 Å². The van der Waals surface area contributed by atoms with Gasteiger partial charge in [-0.15, -0.1) is 11.3 Å². The minimum Gasteiger partial charge on any atom is -0.484 e. The smallest absolute Gasteiger partial charge is 0.258 e. The lowest BCUT2D eigenvalue weighted by Gasteiger charge is -2.06. The average Bonchev–Trinajstić information content (AvgIpc) is 3.20. The lowest BCUT2D eigenvalue weighted by molar-refractivity contribution is -0.123. The van der Waals surface area contributed by atoms with Crippen LogP contribution < -0.4 is 10.1 Å². The Kier molecular flexibility index (Phi) is 5.17. The summed E-state index contributed by atoms with van der Waals surface area (Å²) in [5.41, 5.74) is 0.805. The third kappa shape index (κ3) is 4.37. The van der Waals surface area contributed by atoms with E-state index in [0.717, 1.165) is 10.7 Å². The standard InChI is InChI=1S/C17H15ClN2O3S/c1-11-20-15(10-24-11)16-6-5-14(23-16)8-19-17(21)9-22-13-4-2-3-12(18)7-13/h2-7,10H,8-9H2,1H3,(H,19,21). The van der Waals surface area contributed by atoms with E-state index < -0.39 is 0 Å². The Bertz CT molecular complexity index is 844. The summed E-state index contributed by atoms with van der Waals surface area (Å²) in [6, 6.07) is 10.6. The van der Waals surface area contributed by atoms with E-state index in [2.05, 4.69) is 10.3 Å². The number of carbonyl (C=O) groups is 1. The number of amides is 1. The highest BCUT2D eigenvalue weighted by Gasteiger charge is 2.09. The van der Waals surface area contributed by atoms with Gasteiger partial charge in [0.1, 0.15) is 17.2 Å². The number of aryl methyl sites for hydroxylation is 1. The second-order valence-electron chi connectivity index (χ2n) is 5.04. The molecule has 0 aliphatic rings. The van der Waals surface area contributed by atoms with Gasteiger partial charge in [0.05, 0.1) is 11.6 Å². The SMILES string of the molecule is Cc1nc(-c2ccc(CNC(=O)COc3cccc(Cl)c3)o2)cs1. The number of carbonyl (C=O) groups excluding carboxylic acids is 1. The maximum atomic E-state index is 11.8. The molecule has 0 spiro atoms. The lowest BCUT2D eigenvalue weighted by atomic mass is 10.3. The van der Waals surface area contributed by atoms with E-state index in [-0.39, 0.29) is 12.5 Å². The van der Waals surface area contributed by atoms with Crippen molar-refractivity contribution in [3.05, 3.63) is 57.6 Å². The maximum absolute atomic E-state index is 11.8. The van der Waals surface area contributed by atoms with E-state index in [1.165, 1.54) is 0 Å². The predicted octanol–water partition coefficient (Wildman–Crippen LogP) is 4.06. The average molecular weight is 363 g/mol. The Labute approximate surface area is 148 Å². The zero-order chi connectivity index (χ0) is 16.9. The number of rotatable bonds is 6. The summed E-state index contributed by atoms with van der Waals surface area (Å²) in [7, 11) is 0. The molecule has 0 radical (unpaired) electrons. The minimum absolute atomic E-state index is 0.0841. The molecule has 1 N–H and O–H groups in total. The molecular formula is C17H15ClN2O3S. The van der Waals surface area contributed by atoms with Crippen molar-refractivity contribution < 1.29 is 13.9 Å². The van der Waals surface area contributed by atoms with Gasteiger partial charge in [0.25, 0.3) is 5.91 Å². The molecule has 0 bridgehead atoms. The van der Waals surface area contributed by atoms with Crippen molar-refractivity contribution in [3.63, 3.8) is 0 Å². The van der Waals surface area contributed by atoms with E-state index in [1.807, 2.05) is 24.4 Å². The molecule has 0 saturated heterocycles. The molecule has 5 nitrogen and oxygen atoms in total. The normalized spacial score (nSPS) is 10.6. The fourth-order valence-corrected chi connectivity index (χ4v) is 2.81. The summed E-state index contributed by atoms with van der Waals surface area (Å²) in [6.07, 6.45) is 0. The number of thiazole rings is 1. The molecule has 0 aliphatic heterocycles. The van der Waals surface area contributed by atoms with Crippen molar-refractivity contribution >= 4 is 28.8 Å². The number of nitrogens with one attached hydrogen (secondary N) is 1. The van der Waals surface area contributed by atoms with Crippen LogP contribution in [-0.2, 0) is 11.3 Å². The van der Waals surface area contributed by atoms with Gasteiger partial charge in [-0.05, 0) is 37.3 Å². The van der Waals surface area contributed by atoms with Crippen molar-refractivity contribution in [1.82, 2.24) is 10.3 Å². The molecule has 1 aromatic carbocycles. The molecule has 0 fully saturated rings. The lowest BCUT2D eigenvalue weighted by Crippen LogP contribution is -2.28. The van der Waals surface area contributed by atoms with Gasteiger partial charge >= 0.3 is 0 Å². The van der Waals surface area contributed by atoms with E-state index >= 15 is 0 Å². The first-order valence-corrected chi connectivity index (χ1v) is 8.52. The fourth-order valence-electron chi connectivity index (χ4n) is 2.03. The van der Waals surface area contributed by atoms with Crippen LogP contribution in [0.25, 0.3) is 11.5 Å². The zero-order valence-corrected chi connectivity index (χ0v) is 14.5. The highest BCUT2D eigenvalue weighted by atomic mass is 35.5. The quantitative estimate of drug-likeness (QED) is 0.718. The van der Waals surface area contributed by atoms with Gasteiger partial charge < -0.3 is 14.5 Å². The van der Waals surface area contributed by atoms with Gasteiger partial charge in [-0.3, -0.25) is 4.79 Å². The van der Waals surface area contributed by atoms with Gasteiger partial charge in [0.2, 0.25) is 0 Å². The highest BCUT2D eigenvalue weighted by Crippen LogP contribution is 2.23. The molecular weight excluding hydrogens is 348 g/mol. The van der Waals surface area contributed by atoms with Crippen LogP contribution in [0, 0.1) is 6.92 Å². The molecule has 0 aliphatic carbocycles. The first-order valence-electron chi connectivity index (χ1n) is 7.26. The van der Waals surface area contributed by atoms with Crippen LogP contribution in [-0.4, -0.2) is 17.5 Å². The van der Waals surface area contributed by atoms with Crippen LogP contribution in [0.5, 0.6) is 5.75 Å². The summed E-state index contributed by atoms with van der Waals surface area (Å²) in [5.74, 6) is 1.67.